The smallest absolute Gasteiger partial charge is 0.310 e. The van der Waals surface area contributed by atoms with E-state index in [0.717, 1.165) is 0 Å². The van der Waals surface area contributed by atoms with Crippen molar-refractivity contribution in [2.75, 3.05) is 0 Å². The van der Waals surface area contributed by atoms with Crippen molar-refractivity contribution in [2.45, 2.75) is 27.7 Å². The molecule has 3 unspecified atom stereocenters. The summed E-state index contributed by atoms with van der Waals surface area (Å²) in [6.07, 6.45) is 4.10. The van der Waals surface area contributed by atoms with E-state index in [1.807, 2.05) is 13.8 Å². The van der Waals surface area contributed by atoms with Crippen LogP contribution in [0.2, 0.25) is 0 Å². The fraction of sp³-hybridized carbons (Fsp3) is 0.583. The van der Waals surface area contributed by atoms with Crippen LogP contribution < -0.4 is 0 Å². The summed E-state index contributed by atoms with van der Waals surface area (Å²) in [5.74, 6) is -0.500. The van der Waals surface area contributed by atoms with Gasteiger partial charge in [0.25, 0.3) is 0 Å². The molecule has 1 N–H and O–H groups in total. The normalized spacial score (nSPS) is 45.0. The summed E-state index contributed by atoms with van der Waals surface area (Å²) >= 11 is 0. The number of carboxylic acids is 1. The molecule has 0 aromatic carbocycles. The number of fused-ring (bicyclic) bond motifs is 1. The summed E-state index contributed by atoms with van der Waals surface area (Å²) in [6, 6.07) is 0. The first kappa shape index (κ1) is 9.50. The summed E-state index contributed by atoms with van der Waals surface area (Å²) in [4.78, 5) is 11.3. The lowest BCUT2D eigenvalue weighted by Gasteiger charge is -2.19. The number of aliphatic carboxylic acids is 1. The maximum absolute atomic E-state index is 11.3. The van der Waals surface area contributed by atoms with Gasteiger partial charge in [0.15, 0.2) is 0 Å². The fourth-order valence-electron chi connectivity index (χ4n) is 2.98. The van der Waals surface area contributed by atoms with Gasteiger partial charge in [-0.05, 0) is 20.8 Å². The highest BCUT2D eigenvalue weighted by Gasteiger charge is 2.75. The largest absolute Gasteiger partial charge is 0.481 e. The molecule has 1 saturated carbocycles. The van der Waals surface area contributed by atoms with E-state index in [0.29, 0.717) is 0 Å². The third-order valence-corrected chi connectivity index (χ3v) is 4.59. The number of carbonyl (C=O) groups is 1. The Bertz CT molecular complexity index is 378. The summed E-state index contributed by atoms with van der Waals surface area (Å²) in [5.41, 5.74) is 1.70. The minimum atomic E-state index is -0.677. The van der Waals surface area contributed by atoms with Crippen LogP contribution >= 0.6 is 0 Å². The van der Waals surface area contributed by atoms with Crippen molar-refractivity contribution in [3.8, 4) is 0 Å². The zero-order valence-electron chi connectivity index (χ0n) is 9.09. The van der Waals surface area contributed by atoms with Gasteiger partial charge >= 0.3 is 5.97 Å². The standard InChI is InChI=1S/C12H16O2/c1-7-5-6-9-11(3,8(7)2)12(9,4)10(13)14/h5-6,9H,1-4H3,(H,13,14). The third kappa shape index (κ3) is 0.715. The van der Waals surface area contributed by atoms with E-state index in [2.05, 4.69) is 26.0 Å². The molecule has 2 aliphatic carbocycles. The lowest BCUT2D eigenvalue weighted by atomic mass is 9.85. The van der Waals surface area contributed by atoms with E-state index < -0.39 is 11.4 Å². The molecule has 0 spiro atoms. The lowest BCUT2D eigenvalue weighted by Crippen LogP contribution is -2.19. The average Bonchev–Trinajstić information content (AvgIpc) is 2.62. The number of hydrogen-bond acceptors (Lipinski definition) is 1. The number of hydrogen-bond donors (Lipinski definition) is 1. The first-order valence-corrected chi connectivity index (χ1v) is 4.96. The zero-order valence-corrected chi connectivity index (χ0v) is 9.09. The summed E-state index contributed by atoms with van der Waals surface area (Å²) in [5, 5.41) is 9.26. The van der Waals surface area contributed by atoms with Crippen LogP contribution in [0, 0.1) is 16.7 Å². The molecule has 0 saturated heterocycles. The first-order chi connectivity index (χ1) is 6.36. The van der Waals surface area contributed by atoms with E-state index >= 15 is 0 Å². The van der Waals surface area contributed by atoms with Gasteiger partial charge < -0.3 is 5.11 Å². The highest BCUT2D eigenvalue weighted by atomic mass is 16.4. The highest BCUT2D eigenvalue weighted by Crippen LogP contribution is 2.74. The van der Waals surface area contributed by atoms with Crippen LogP contribution in [0.4, 0.5) is 0 Å². The lowest BCUT2D eigenvalue weighted by molar-refractivity contribution is -0.144. The molecule has 0 aromatic heterocycles. The van der Waals surface area contributed by atoms with Crippen LogP contribution in [0.15, 0.2) is 23.3 Å². The van der Waals surface area contributed by atoms with Gasteiger partial charge in [0.1, 0.15) is 0 Å². The predicted molar refractivity (Wildman–Crippen MR) is 54.9 cm³/mol. The van der Waals surface area contributed by atoms with E-state index in [1.165, 1.54) is 11.1 Å². The van der Waals surface area contributed by atoms with Gasteiger partial charge in [-0.15, -0.1) is 0 Å². The van der Waals surface area contributed by atoms with Crippen LogP contribution in [-0.4, -0.2) is 11.1 Å². The average molecular weight is 192 g/mol. The molecular formula is C12H16O2. The second kappa shape index (κ2) is 2.30. The molecule has 14 heavy (non-hydrogen) atoms. The molecule has 0 radical (unpaired) electrons. The van der Waals surface area contributed by atoms with Crippen LogP contribution in [-0.2, 0) is 4.79 Å². The SMILES string of the molecule is CC1=C(C)C2(C)C(C=C1)C2(C)C(=O)O. The molecule has 0 heterocycles. The molecule has 0 bridgehead atoms. The minimum absolute atomic E-state index is 0.155. The van der Waals surface area contributed by atoms with Crippen molar-refractivity contribution in [2.24, 2.45) is 16.7 Å². The molecule has 76 valence electrons. The molecule has 2 aliphatic rings. The molecule has 0 amide bonds. The van der Waals surface area contributed by atoms with Crippen molar-refractivity contribution < 1.29 is 9.90 Å². The molecule has 0 aliphatic heterocycles. The molecule has 2 rings (SSSR count). The van der Waals surface area contributed by atoms with Crippen molar-refractivity contribution in [3.63, 3.8) is 0 Å². The topological polar surface area (TPSA) is 37.3 Å². The van der Waals surface area contributed by atoms with Crippen LogP contribution in [0.3, 0.4) is 0 Å². The number of rotatable bonds is 1. The quantitative estimate of drug-likeness (QED) is 0.693. The van der Waals surface area contributed by atoms with E-state index in [4.69, 9.17) is 0 Å². The van der Waals surface area contributed by atoms with Crippen molar-refractivity contribution in [3.05, 3.63) is 23.3 Å². The van der Waals surface area contributed by atoms with Gasteiger partial charge in [0.2, 0.25) is 0 Å². The van der Waals surface area contributed by atoms with Gasteiger partial charge in [0, 0.05) is 11.3 Å². The van der Waals surface area contributed by atoms with Gasteiger partial charge in [-0.25, -0.2) is 0 Å². The van der Waals surface area contributed by atoms with E-state index in [-0.39, 0.29) is 11.3 Å². The van der Waals surface area contributed by atoms with Crippen molar-refractivity contribution >= 4 is 5.97 Å². The fourth-order valence-corrected chi connectivity index (χ4v) is 2.98. The maximum Gasteiger partial charge on any atom is 0.310 e. The van der Waals surface area contributed by atoms with Crippen LogP contribution in [0.25, 0.3) is 0 Å². The number of allylic oxidation sites excluding steroid dienone is 4. The Hall–Kier alpha value is -1.05. The highest BCUT2D eigenvalue weighted by molar-refractivity contribution is 5.83. The van der Waals surface area contributed by atoms with Gasteiger partial charge in [0.05, 0.1) is 5.41 Å². The summed E-state index contributed by atoms with van der Waals surface area (Å²) in [7, 11) is 0. The number of carboxylic acid groups (broad SMARTS) is 1. The zero-order chi connectivity index (χ0) is 10.7. The Morgan fingerprint density at radius 3 is 2.50 bits per heavy atom. The van der Waals surface area contributed by atoms with Crippen LogP contribution in [0.5, 0.6) is 0 Å². The van der Waals surface area contributed by atoms with E-state index in [9.17, 15) is 9.90 Å². The second-order valence-electron chi connectivity index (χ2n) is 4.85. The Morgan fingerprint density at radius 1 is 1.43 bits per heavy atom. The molecule has 2 nitrogen and oxygen atoms in total. The van der Waals surface area contributed by atoms with Crippen molar-refractivity contribution in [1.29, 1.82) is 0 Å². The van der Waals surface area contributed by atoms with E-state index in [1.54, 1.807) is 0 Å². The molecule has 1 fully saturated rings. The maximum atomic E-state index is 11.3. The van der Waals surface area contributed by atoms with Gasteiger partial charge in [-0.3, -0.25) is 4.79 Å². The third-order valence-electron chi connectivity index (χ3n) is 4.59. The van der Waals surface area contributed by atoms with Crippen LogP contribution in [0.1, 0.15) is 27.7 Å². The summed E-state index contributed by atoms with van der Waals surface area (Å²) < 4.78 is 0. The molecule has 0 aromatic rings. The monoisotopic (exact) mass is 192 g/mol. The Labute approximate surface area is 84.3 Å². The Balaban J connectivity index is 2.53. The Kier molecular flexibility index (Phi) is 1.56. The van der Waals surface area contributed by atoms with Crippen molar-refractivity contribution in [1.82, 2.24) is 0 Å². The molecular weight excluding hydrogens is 176 g/mol. The minimum Gasteiger partial charge on any atom is -0.481 e. The molecule has 2 heteroatoms. The first-order valence-electron chi connectivity index (χ1n) is 4.96. The predicted octanol–water partition coefficient (Wildman–Crippen LogP) is 2.62. The van der Waals surface area contributed by atoms with Gasteiger partial charge in [-0.2, -0.15) is 0 Å². The molecule has 3 atom stereocenters. The summed E-state index contributed by atoms with van der Waals surface area (Å²) in [6.45, 7) is 8.02. The second-order valence-corrected chi connectivity index (χ2v) is 4.85. The Morgan fingerprint density at radius 2 is 2.00 bits per heavy atom. The van der Waals surface area contributed by atoms with Gasteiger partial charge in [-0.1, -0.05) is 30.2 Å².